The molecule has 2 aromatic carbocycles. The molecule has 1 aliphatic rings. The van der Waals surface area contributed by atoms with Crippen LogP contribution in [0.15, 0.2) is 67.7 Å². The van der Waals surface area contributed by atoms with Crippen LogP contribution in [0.5, 0.6) is 0 Å². The highest BCUT2D eigenvalue weighted by Crippen LogP contribution is 2.43. The second kappa shape index (κ2) is 10.3. The number of benzene rings is 2. The smallest absolute Gasteiger partial charge is 0.332 e. The first-order valence-corrected chi connectivity index (χ1v) is 14.2. The van der Waals surface area contributed by atoms with Crippen LogP contribution in [0, 0.1) is 0 Å². The number of hydrogen-bond acceptors (Lipinski definition) is 7. The topological polar surface area (TPSA) is 114 Å². The van der Waals surface area contributed by atoms with Gasteiger partial charge in [-0.1, -0.05) is 73.0 Å². The Balaban J connectivity index is 1.51. The van der Waals surface area contributed by atoms with Gasteiger partial charge in [0, 0.05) is 23.4 Å². The summed E-state index contributed by atoms with van der Waals surface area (Å²) in [5, 5.41) is 1.22. The first-order chi connectivity index (χ1) is 18.9. The molecular weight excluding hydrogens is 536 g/mol. The van der Waals surface area contributed by atoms with Crippen molar-refractivity contribution in [2.45, 2.75) is 55.1 Å². The fraction of sp³-hybridized carbons (Fsp3) is 0.357. The van der Waals surface area contributed by atoms with Crippen molar-refractivity contribution in [2.24, 2.45) is 12.8 Å². The summed E-state index contributed by atoms with van der Waals surface area (Å²) in [6.07, 6.45) is 5.42. The quantitative estimate of drug-likeness (QED) is 0.308. The lowest BCUT2D eigenvalue weighted by Crippen LogP contribution is -2.40. The van der Waals surface area contributed by atoms with Crippen molar-refractivity contribution < 1.29 is 4.42 Å². The summed E-state index contributed by atoms with van der Waals surface area (Å²) in [5.74, 6) is 0.249. The Hall–Kier alpha value is -3.34. The summed E-state index contributed by atoms with van der Waals surface area (Å²) in [5.41, 5.74) is 8.24. The zero-order chi connectivity index (χ0) is 27.1. The Morgan fingerprint density at radius 1 is 1.03 bits per heavy atom. The molecule has 1 fully saturated rings. The Morgan fingerprint density at radius 2 is 1.79 bits per heavy atom. The van der Waals surface area contributed by atoms with E-state index in [1.54, 1.807) is 37.0 Å². The van der Waals surface area contributed by atoms with Gasteiger partial charge in [-0.25, -0.2) is 19.3 Å². The van der Waals surface area contributed by atoms with Gasteiger partial charge in [-0.2, -0.15) is 0 Å². The van der Waals surface area contributed by atoms with Gasteiger partial charge in [0.2, 0.25) is 5.89 Å². The van der Waals surface area contributed by atoms with Crippen molar-refractivity contribution in [1.29, 1.82) is 0 Å². The van der Waals surface area contributed by atoms with Gasteiger partial charge in [0.1, 0.15) is 12.1 Å². The molecule has 0 unspecified atom stereocenters. The summed E-state index contributed by atoms with van der Waals surface area (Å²) in [6, 6.07) is 15.0. The summed E-state index contributed by atoms with van der Waals surface area (Å²) < 4.78 is 10.2. The second-order valence-electron chi connectivity index (χ2n) is 10.1. The van der Waals surface area contributed by atoms with Gasteiger partial charge in [0.05, 0.1) is 6.54 Å². The van der Waals surface area contributed by atoms with Crippen LogP contribution in [-0.4, -0.2) is 35.0 Å². The van der Waals surface area contributed by atoms with Crippen molar-refractivity contribution in [3.05, 3.63) is 85.8 Å². The molecular formula is C28H29ClN6O3S. The van der Waals surface area contributed by atoms with E-state index in [-0.39, 0.29) is 17.2 Å². The number of nitrogens with zero attached hydrogens (tertiary/aromatic N) is 5. The van der Waals surface area contributed by atoms with Crippen LogP contribution < -0.4 is 17.0 Å². The second-order valence-corrected chi connectivity index (χ2v) is 12.0. The zero-order valence-electron chi connectivity index (χ0n) is 21.6. The van der Waals surface area contributed by atoms with E-state index in [9.17, 15) is 9.59 Å². The molecule has 11 heteroatoms. The Morgan fingerprint density at radius 3 is 2.54 bits per heavy atom. The highest BCUT2D eigenvalue weighted by molar-refractivity contribution is 8.00. The third-order valence-corrected chi connectivity index (χ3v) is 9.25. The van der Waals surface area contributed by atoms with E-state index in [0.717, 1.165) is 35.8 Å². The Bertz CT molecular complexity index is 1780. The number of fused-ring (bicyclic) bond motifs is 2. The van der Waals surface area contributed by atoms with Gasteiger partial charge in [0.25, 0.3) is 5.56 Å². The average Bonchev–Trinajstić information content (AvgIpc) is 3.51. The number of imidazole rings is 1. The minimum absolute atomic E-state index is 0.112. The number of aromatic nitrogens is 5. The number of thioether (sulfide) groups is 1. The molecule has 3 heterocycles. The minimum Gasteiger partial charge on any atom is -0.439 e. The fourth-order valence-corrected chi connectivity index (χ4v) is 6.90. The maximum Gasteiger partial charge on any atom is 0.332 e. The number of halogens is 1. The molecule has 0 aliphatic heterocycles. The molecule has 5 aromatic rings. The first kappa shape index (κ1) is 25.9. The molecule has 0 amide bonds. The van der Waals surface area contributed by atoms with Crippen LogP contribution in [0.3, 0.4) is 0 Å². The van der Waals surface area contributed by atoms with Gasteiger partial charge in [0.15, 0.2) is 21.9 Å². The predicted octanol–water partition coefficient (Wildman–Crippen LogP) is 4.54. The van der Waals surface area contributed by atoms with Crippen LogP contribution in [-0.2, 0) is 20.1 Å². The molecule has 2 N–H and O–H groups in total. The number of rotatable bonds is 7. The first-order valence-electron chi connectivity index (χ1n) is 13.1. The van der Waals surface area contributed by atoms with Crippen molar-refractivity contribution in [3.8, 4) is 0 Å². The van der Waals surface area contributed by atoms with Gasteiger partial charge in [-0.3, -0.25) is 9.36 Å². The van der Waals surface area contributed by atoms with E-state index < -0.39 is 11.2 Å². The van der Waals surface area contributed by atoms with Crippen molar-refractivity contribution in [1.82, 2.24) is 23.7 Å². The number of oxazole rings is 1. The van der Waals surface area contributed by atoms with Crippen LogP contribution in [0.25, 0.3) is 22.3 Å². The minimum atomic E-state index is -0.486. The van der Waals surface area contributed by atoms with E-state index in [0.29, 0.717) is 45.5 Å². The van der Waals surface area contributed by atoms with Crippen LogP contribution in [0.2, 0.25) is 5.02 Å². The highest BCUT2D eigenvalue weighted by Gasteiger charge is 2.34. The lowest BCUT2D eigenvalue weighted by atomic mass is 9.88. The molecule has 0 bridgehead atoms. The SMILES string of the molecule is Cn1c(=O)n(Cc2nc3cc(Cl)ccc3o2)c(=O)c2c1nc(SC1(CN)CCCCC1)n2Cc1ccccc1. The molecule has 0 saturated heterocycles. The fourth-order valence-electron chi connectivity index (χ4n) is 5.37. The highest BCUT2D eigenvalue weighted by atomic mass is 35.5. The normalized spacial score (nSPS) is 15.4. The molecule has 0 atom stereocenters. The van der Waals surface area contributed by atoms with Crippen LogP contribution >= 0.6 is 23.4 Å². The average molecular weight is 565 g/mol. The lowest BCUT2D eigenvalue weighted by Gasteiger charge is -2.35. The third-order valence-electron chi connectivity index (χ3n) is 7.51. The van der Waals surface area contributed by atoms with Crippen molar-refractivity contribution >= 4 is 45.6 Å². The molecule has 0 spiro atoms. The predicted molar refractivity (Wildman–Crippen MR) is 154 cm³/mol. The molecule has 202 valence electrons. The van der Waals surface area contributed by atoms with Crippen LogP contribution in [0.1, 0.15) is 43.6 Å². The van der Waals surface area contributed by atoms with Crippen molar-refractivity contribution in [2.75, 3.05) is 6.54 Å². The van der Waals surface area contributed by atoms with Gasteiger partial charge >= 0.3 is 5.69 Å². The largest absolute Gasteiger partial charge is 0.439 e. The zero-order valence-corrected chi connectivity index (χ0v) is 23.2. The van der Waals surface area contributed by atoms with E-state index in [2.05, 4.69) is 4.98 Å². The van der Waals surface area contributed by atoms with E-state index in [1.807, 2.05) is 34.9 Å². The molecule has 9 nitrogen and oxygen atoms in total. The molecule has 6 rings (SSSR count). The van der Waals surface area contributed by atoms with Crippen molar-refractivity contribution in [3.63, 3.8) is 0 Å². The summed E-state index contributed by atoms with van der Waals surface area (Å²) in [4.78, 5) is 36.8. The maximum absolute atomic E-state index is 14.0. The molecule has 1 aliphatic carbocycles. The summed E-state index contributed by atoms with van der Waals surface area (Å²) >= 11 is 7.73. The number of hydrogen-bond donors (Lipinski definition) is 1. The lowest BCUT2D eigenvalue weighted by molar-refractivity contribution is 0.402. The summed E-state index contributed by atoms with van der Waals surface area (Å²) in [7, 11) is 1.64. The molecule has 0 radical (unpaired) electrons. The van der Waals surface area contributed by atoms with Crippen LogP contribution in [0.4, 0.5) is 0 Å². The standard InChI is InChI=1S/C28H29ClN6O3S/c1-33-24-23(25(36)35(27(33)37)16-22-31-20-14-19(29)10-11-21(20)38-22)34(15-18-8-4-2-5-9-18)26(32-24)39-28(17-30)12-6-3-7-13-28/h2,4-5,8-11,14H,3,6-7,12-13,15-17,30H2,1H3. The maximum atomic E-state index is 14.0. The molecule has 1 saturated carbocycles. The Kier molecular flexibility index (Phi) is 6.86. The van der Waals surface area contributed by atoms with E-state index in [4.69, 9.17) is 26.7 Å². The number of nitrogens with two attached hydrogens (primary N) is 1. The monoisotopic (exact) mass is 564 g/mol. The summed E-state index contributed by atoms with van der Waals surface area (Å²) in [6.45, 7) is 0.853. The molecule has 39 heavy (non-hydrogen) atoms. The van der Waals surface area contributed by atoms with Gasteiger partial charge < -0.3 is 14.7 Å². The molecule has 3 aromatic heterocycles. The van der Waals surface area contributed by atoms with E-state index >= 15 is 0 Å². The number of aryl methyl sites for hydroxylation is 1. The van der Waals surface area contributed by atoms with Gasteiger partial charge in [-0.05, 0) is 36.6 Å². The van der Waals surface area contributed by atoms with Gasteiger partial charge in [-0.15, -0.1) is 0 Å². The third kappa shape index (κ3) is 4.81. The van der Waals surface area contributed by atoms with E-state index in [1.165, 1.54) is 11.0 Å². The Labute approximate surface area is 233 Å².